The van der Waals surface area contributed by atoms with Crippen LogP contribution in [0.15, 0.2) is 53.6 Å². The van der Waals surface area contributed by atoms with Crippen LogP contribution in [0.4, 0.5) is 5.69 Å². The van der Waals surface area contributed by atoms with Crippen LogP contribution >= 0.6 is 0 Å². The van der Waals surface area contributed by atoms with E-state index in [1.54, 1.807) is 6.07 Å². The number of carbonyl (C=O) groups is 1. The molecule has 9 heteroatoms. The number of hydrogen-bond acceptors (Lipinski definition) is 6. The number of para-hydroxylation sites is 2. The van der Waals surface area contributed by atoms with Crippen molar-refractivity contribution in [2.24, 2.45) is 5.10 Å². The highest BCUT2D eigenvalue weighted by Gasteiger charge is 2.15. The zero-order chi connectivity index (χ0) is 22.4. The van der Waals surface area contributed by atoms with Crippen LogP contribution in [0, 0.1) is 30.9 Å². The van der Waals surface area contributed by atoms with Crippen molar-refractivity contribution in [1.29, 1.82) is 0 Å². The van der Waals surface area contributed by atoms with Gasteiger partial charge in [-0.05, 0) is 32.4 Å². The van der Waals surface area contributed by atoms with Crippen LogP contribution in [0.2, 0.25) is 0 Å². The van der Waals surface area contributed by atoms with Crippen LogP contribution in [-0.2, 0) is 11.3 Å². The minimum absolute atomic E-state index is 0.0238. The van der Waals surface area contributed by atoms with E-state index in [9.17, 15) is 14.9 Å². The molecule has 0 aliphatic heterocycles. The Balaban J connectivity index is 1.59. The molecule has 0 bridgehead atoms. The Morgan fingerprint density at radius 3 is 2.61 bits per heavy atom. The van der Waals surface area contributed by atoms with Gasteiger partial charge in [0.2, 0.25) is 0 Å². The molecule has 3 rings (SSSR count). The first kappa shape index (κ1) is 21.7. The van der Waals surface area contributed by atoms with Crippen molar-refractivity contribution in [3.8, 4) is 5.75 Å². The van der Waals surface area contributed by atoms with Gasteiger partial charge in [-0.25, -0.2) is 5.43 Å². The predicted molar refractivity (Wildman–Crippen MR) is 116 cm³/mol. The van der Waals surface area contributed by atoms with E-state index >= 15 is 0 Å². The fourth-order valence-electron chi connectivity index (χ4n) is 2.99. The van der Waals surface area contributed by atoms with Crippen LogP contribution in [0.25, 0.3) is 0 Å². The summed E-state index contributed by atoms with van der Waals surface area (Å²) in [5.74, 6) is -0.507. The molecule has 0 saturated carbocycles. The smallest absolute Gasteiger partial charge is 0.310 e. The highest BCUT2D eigenvalue weighted by molar-refractivity contribution is 5.84. The van der Waals surface area contributed by atoms with E-state index < -0.39 is 17.4 Å². The van der Waals surface area contributed by atoms with Gasteiger partial charge in [0, 0.05) is 17.3 Å². The van der Waals surface area contributed by atoms with E-state index in [0.29, 0.717) is 6.54 Å². The third-order valence-electron chi connectivity index (χ3n) is 4.69. The van der Waals surface area contributed by atoms with Gasteiger partial charge in [0.25, 0.3) is 5.91 Å². The summed E-state index contributed by atoms with van der Waals surface area (Å²) in [6.07, 6.45) is 1.53. The lowest BCUT2D eigenvalue weighted by atomic mass is 10.1. The number of nitrogens with zero attached hydrogens (tertiary/aromatic N) is 4. The van der Waals surface area contributed by atoms with Crippen LogP contribution in [0.1, 0.15) is 28.1 Å². The van der Waals surface area contributed by atoms with Crippen molar-refractivity contribution >= 4 is 17.8 Å². The molecule has 0 unspecified atom stereocenters. The number of amides is 1. The van der Waals surface area contributed by atoms with Gasteiger partial charge < -0.3 is 4.74 Å². The van der Waals surface area contributed by atoms with Gasteiger partial charge in [-0.3, -0.25) is 19.6 Å². The Labute approximate surface area is 179 Å². The van der Waals surface area contributed by atoms with Crippen LogP contribution in [0.5, 0.6) is 5.75 Å². The minimum atomic E-state index is -0.564. The highest BCUT2D eigenvalue weighted by Crippen LogP contribution is 2.25. The molecule has 0 saturated heterocycles. The van der Waals surface area contributed by atoms with Gasteiger partial charge in [-0.1, -0.05) is 42.0 Å². The Morgan fingerprint density at radius 2 is 1.90 bits per heavy atom. The summed E-state index contributed by atoms with van der Waals surface area (Å²) >= 11 is 0. The number of nitro groups is 1. The molecular weight excluding hydrogens is 398 g/mol. The Hall–Kier alpha value is -4.01. The maximum Gasteiger partial charge on any atom is 0.310 e. The standard InChI is InChI=1S/C22H23N5O4/c1-15-8-10-18(11-9-15)13-26-17(3)19(16(2)25-26)12-23-24-22(28)14-31-21-7-5-4-6-20(21)27(29)30/h4-12H,13-14H2,1-3H3,(H,24,28)/b23-12-. The molecule has 31 heavy (non-hydrogen) atoms. The monoisotopic (exact) mass is 421 g/mol. The Bertz CT molecular complexity index is 1120. The minimum Gasteiger partial charge on any atom is -0.477 e. The van der Waals surface area contributed by atoms with Gasteiger partial charge in [0.15, 0.2) is 12.4 Å². The average molecular weight is 421 g/mol. The number of aryl methyl sites for hydroxylation is 2. The van der Waals surface area contributed by atoms with Gasteiger partial charge >= 0.3 is 5.69 Å². The van der Waals surface area contributed by atoms with E-state index in [0.717, 1.165) is 22.5 Å². The molecule has 9 nitrogen and oxygen atoms in total. The molecule has 0 fully saturated rings. The molecule has 1 N–H and O–H groups in total. The number of hydrazone groups is 1. The molecule has 0 spiro atoms. The highest BCUT2D eigenvalue weighted by atomic mass is 16.6. The van der Waals surface area contributed by atoms with Crippen molar-refractivity contribution < 1.29 is 14.5 Å². The summed E-state index contributed by atoms with van der Waals surface area (Å²) in [5, 5.41) is 19.5. The molecule has 3 aromatic rings. The first-order chi connectivity index (χ1) is 14.8. The zero-order valence-corrected chi connectivity index (χ0v) is 17.5. The second kappa shape index (κ2) is 9.66. The fourth-order valence-corrected chi connectivity index (χ4v) is 2.99. The maximum absolute atomic E-state index is 12.0. The van der Waals surface area contributed by atoms with Crippen molar-refractivity contribution in [2.45, 2.75) is 27.3 Å². The number of aromatic nitrogens is 2. The van der Waals surface area contributed by atoms with E-state index in [2.05, 4.69) is 39.9 Å². The van der Waals surface area contributed by atoms with Gasteiger partial charge in [-0.15, -0.1) is 0 Å². The van der Waals surface area contributed by atoms with Crippen molar-refractivity contribution in [1.82, 2.24) is 15.2 Å². The second-order valence-corrected chi connectivity index (χ2v) is 7.03. The number of hydrogen-bond donors (Lipinski definition) is 1. The second-order valence-electron chi connectivity index (χ2n) is 7.03. The van der Waals surface area contributed by atoms with E-state index in [1.165, 1.54) is 30.0 Å². The van der Waals surface area contributed by atoms with Crippen LogP contribution in [-0.4, -0.2) is 33.4 Å². The molecule has 1 heterocycles. The molecule has 1 aromatic heterocycles. The lowest BCUT2D eigenvalue weighted by molar-refractivity contribution is -0.385. The number of benzene rings is 2. The average Bonchev–Trinajstić information content (AvgIpc) is 3.01. The molecule has 2 aromatic carbocycles. The van der Waals surface area contributed by atoms with Crippen molar-refractivity contribution in [3.63, 3.8) is 0 Å². The fraction of sp³-hybridized carbons (Fsp3) is 0.227. The van der Waals surface area contributed by atoms with Gasteiger partial charge in [-0.2, -0.15) is 10.2 Å². The summed E-state index contributed by atoms with van der Waals surface area (Å²) in [4.78, 5) is 22.4. The van der Waals surface area contributed by atoms with Gasteiger partial charge in [0.1, 0.15) is 0 Å². The summed E-state index contributed by atoms with van der Waals surface area (Å²) < 4.78 is 7.13. The maximum atomic E-state index is 12.0. The van der Waals surface area contributed by atoms with E-state index in [1.807, 2.05) is 25.5 Å². The third kappa shape index (κ3) is 5.53. The predicted octanol–water partition coefficient (Wildman–Crippen LogP) is 3.29. The topological polar surface area (TPSA) is 112 Å². The molecule has 160 valence electrons. The molecule has 0 aliphatic rings. The van der Waals surface area contributed by atoms with Crippen molar-refractivity contribution in [3.05, 3.63) is 86.7 Å². The van der Waals surface area contributed by atoms with Crippen molar-refractivity contribution in [2.75, 3.05) is 6.61 Å². The molecule has 0 aliphatic carbocycles. The Kier molecular flexibility index (Phi) is 6.76. The lowest BCUT2D eigenvalue weighted by Crippen LogP contribution is -2.24. The van der Waals surface area contributed by atoms with E-state index in [-0.39, 0.29) is 11.4 Å². The van der Waals surface area contributed by atoms with E-state index in [4.69, 9.17) is 4.74 Å². The van der Waals surface area contributed by atoms with Crippen LogP contribution < -0.4 is 10.2 Å². The first-order valence-electron chi connectivity index (χ1n) is 9.63. The first-order valence-corrected chi connectivity index (χ1v) is 9.63. The summed E-state index contributed by atoms with van der Waals surface area (Å²) in [5.41, 5.74) is 7.03. The number of nitro benzene ring substituents is 1. The summed E-state index contributed by atoms with van der Waals surface area (Å²) in [7, 11) is 0. The van der Waals surface area contributed by atoms with Gasteiger partial charge in [0.05, 0.1) is 23.4 Å². The largest absolute Gasteiger partial charge is 0.477 e. The SMILES string of the molecule is Cc1ccc(Cn2nc(C)c(/C=N\NC(=O)COc3ccccc3[N+](=O)[O-])c2C)cc1. The quantitative estimate of drug-likeness (QED) is 0.341. The zero-order valence-electron chi connectivity index (χ0n) is 17.5. The lowest BCUT2D eigenvalue weighted by Gasteiger charge is -2.06. The molecular formula is C22H23N5O4. The normalized spacial score (nSPS) is 10.9. The molecule has 1 amide bonds. The molecule has 0 radical (unpaired) electrons. The summed E-state index contributed by atoms with van der Waals surface area (Å²) in [6.45, 7) is 6.10. The number of carbonyl (C=O) groups excluding carboxylic acids is 1. The number of rotatable bonds is 8. The molecule has 0 atom stereocenters. The summed E-state index contributed by atoms with van der Waals surface area (Å²) in [6, 6.07) is 14.1. The number of ether oxygens (including phenoxy) is 1. The Morgan fingerprint density at radius 1 is 1.19 bits per heavy atom. The number of nitrogens with one attached hydrogen (secondary N) is 1. The third-order valence-corrected chi connectivity index (χ3v) is 4.69. The van der Waals surface area contributed by atoms with Crippen LogP contribution in [0.3, 0.4) is 0 Å².